The lowest BCUT2D eigenvalue weighted by Gasteiger charge is -2.15. The van der Waals surface area contributed by atoms with Gasteiger partial charge < -0.3 is 47.9 Å². The molecular formula is C72H94N10O10. The van der Waals surface area contributed by atoms with Gasteiger partial charge in [-0.2, -0.15) is 0 Å². The molecule has 5 aromatic rings. The molecule has 5 amide bonds. The Bertz CT molecular complexity index is 3190. The van der Waals surface area contributed by atoms with E-state index >= 15 is 0 Å². The van der Waals surface area contributed by atoms with Gasteiger partial charge in [0.2, 0.25) is 29.5 Å². The predicted octanol–water partition coefficient (Wildman–Crippen LogP) is 10.6. The van der Waals surface area contributed by atoms with Crippen LogP contribution in [0.1, 0.15) is 187 Å². The molecule has 0 fully saturated rings. The molecule has 0 atom stereocenters. The number of hydrogen-bond donors (Lipinski definition) is 9. The molecule has 0 saturated heterocycles. The Morgan fingerprint density at radius 3 is 0.902 bits per heavy atom. The van der Waals surface area contributed by atoms with Crippen LogP contribution in [0.15, 0.2) is 121 Å². The molecule has 20 nitrogen and oxygen atoms in total. The molecule has 0 radical (unpaired) electrons. The number of Topliss-reactive ketones (excluding diaryl/α,β-unsaturated/α-hetero) is 5. The lowest BCUT2D eigenvalue weighted by atomic mass is 10.1. The standard InChI is InChI=1S/3C15H20N2O2.C14H18N2O2.C13H16N2O2/c1-17-9-4-2-3-8-15(19)16-13-7-5-6-12(10-13)14(18)11-17;18-14-11-16-9-4-2-1-3-8-15(19)17-13-7-5-6-12(14)10-13;18-14-11-16-10-4-2-1-3-5-15(19)17-13-8-6-12(14)7-9-13;17-13-10-15-9-3-1-2-4-14(18)16-12-7-5-11(13)6-8-12;16-12-9-14-8-2-1-3-13(17)15-11-6-4-10(12)5-7-11/h5-7,10H,2-4,8-9,11H2,1H3,(H,16,19);5-7,10,16H,1-4,8-9,11H2,(H,17,19);6-9,16H,1-5,10-11H2,(H,17,19);5-8,15H,1-4,9-10H2,(H,16,18);4-7,14H,1-3,8-9H2,(H,15,17). The van der Waals surface area contributed by atoms with Crippen molar-refractivity contribution in [3.63, 3.8) is 0 Å². The van der Waals surface area contributed by atoms with Crippen molar-refractivity contribution in [2.24, 2.45) is 0 Å². The maximum absolute atomic E-state index is 12.1. The molecule has 0 aliphatic carbocycles. The van der Waals surface area contributed by atoms with E-state index in [0.717, 1.165) is 153 Å². The molecule has 0 aromatic heterocycles. The van der Waals surface area contributed by atoms with Gasteiger partial charge >= 0.3 is 0 Å². The monoisotopic (exact) mass is 1260 g/mol. The largest absolute Gasteiger partial charge is 0.326 e. The van der Waals surface area contributed by atoms with Gasteiger partial charge in [0, 0.05) is 88.4 Å². The first-order chi connectivity index (χ1) is 44.7. The van der Waals surface area contributed by atoms with Gasteiger partial charge in [-0.1, -0.05) is 62.8 Å². The van der Waals surface area contributed by atoms with E-state index in [2.05, 4.69) is 47.9 Å². The van der Waals surface area contributed by atoms with E-state index in [-0.39, 0.29) is 58.5 Å². The van der Waals surface area contributed by atoms with Crippen LogP contribution in [0.2, 0.25) is 0 Å². The third-order valence-corrected chi connectivity index (χ3v) is 15.7. The smallest absolute Gasteiger partial charge is 0.224 e. The number of likely N-dealkylation sites (N-methyl/N-ethyl adjacent to an activating group) is 1. The third-order valence-electron chi connectivity index (χ3n) is 15.7. The Labute approximate surface area is 541 Å². The van der Waals surface area contributed by atoms with Gasteiger partial charge in [-0.3, -0.25) is 52.8 Å². The van der Waals surface area contributed by atoms with Crippen LogP contribution in [0.25, 0.3) is 0 Å². The zero-order chi connectivity index (χ0) is 65.6. The number of benzene rings is 5. The molecule has 8 heterocycles. The number of anilines is 5. The predicted molar refractivity (Wildman–Crippen MR) is 363 cm³/mol. The van der Waals surface area contributed by atoms with E-state index < -0.39 is 0 Å². The van der Waals surface area contributed by atoms with Crippen molar-refractivity contribution in [2.45, 2.75) is 135 Å². The number of rotatable bonds is 0. The summed E-state index contributed by atoms with van der Waals surface area (Å²) >= 11 is 0. The molecule has 13 rings (SSSR count). The number of fused-ring (bicyclic) bond motifs is 37. The summed E-state index contributed by atoms with van der Waals surface area (Å²) in [5, 5.41) is 26.8. The highest BCUT2D eigenvalue weighted by Gasteiger charge is 2.15. The third kappa shape index (κ3) is 29.3. The molecule has 0 saturated carbocycles. The topological polar surface area (TPSA) is 282 Å². The summed E-state index contributed by atoms with van der Waals surface area (Å²) in [5.41, 5.74) is 6.99. The number of carbonyl (C=O) groups excluding carboxylic acids is 10. The Morgan fingerprint density at radius 2 is 0.543 bits per heavy atom. The van der Waals surface area contributed by atoms with Crippen molar-refractivity contribution in [3.05, 3.63) is 149 Å². The normalized spacial score (nSPS) is 18.4. The van der Waals surface area contributed by atoms with Gasteiger partial charge in [0.25, 0.3) is 0 Å². The summed E-state index contributed by atoms with van der Waals surface area (Å²) in [6.45, 7) is 6.12. The van der Waals surface area contributed by atoms with Gasteiger partial charge in [0.05, 0.1) is 32.7 Å². The molecule has 8 aliphatic rings. The van der Waals surface area contributed by atoms with Gasteiger partial charge in [-0.05, 0) is 201 Å². The molecular weight excluding hydrogens is 1160 g/mol. The highest BCUT2D eigenvalue weighted by atomic mass is 16.2. The van der Waals surface area contributed by atoms with Crippen molar-refractivity contribution in [1.29, 1.82) is 0 Å². The van der Waals surface area contributed by atoms with E-state index in [9.17, 15) is 47.9 Å². The Kier molecular flexibility index (Phi) is 33.1. The van der Waals surface area contributed by atoms with Crippen LogP contribution in [0, 0.1) is 0 Å². The number of nitrogens with zero attached hydrogens (tertiary/aromatic N) is 1. The number of carbonyl (C=O) groups is 10. The summed E-state index contributed by atoms with van der Waals surface area (Å²) in [4.78, 5) is 120. The minimum absolute atomic E-state index is 0.0252. The number of hydrogen-bond acceptors (Lipinski definition) is 15. The van der Waals surface area contributed by atoms with Crippen LogP contribution in [0.3, 0.4) is 0 Å². The first-order valence-corrected chi connectivity index (χ1v) is 32.8. The zero-order valence-corrected chi connectivity index (χ0v) is 53.5. The average molecular weight is 1260 g/mol. The summed E-state index contributed by atoms with van der Waals surface area (Å²) in [6.07, 6.45) is 18.6. The Morgan fingerprint density at radius 1 is 0.272 bits per heavy atom. The minimum Gasteiger partial charge on any atom is -0.326 e. The van der Waals surface area contributed by atoms with Crippen LogP contribution < -0.4 is 47.9 Å². The van der Waals surface area contributed by atoms with Gasteiger partial charge in [0.15, 0.2) is 28.9 Å². The van der Waals surface area contributed by atoms with Crippen LogP contribution >= 0.6 is 0 Å². The maximum atomic E-state index is 12.1. The van der Waals surface area contributed by atoms with Crippen LogP contribution in [0.5, 0.6) is 0 Å². The fraction of sp³-hybridized carbons (Fsp3) is 0.444. The van der Waals surface area contributed by atoms with Crippen molar-refractivity contribution in [2.75, 3.05) is 99.1 Å². The fourth-order valence-corrected chi connectivity index (χ4v) is 10.4. The molecule has 20 heteroatoms. The highest BCUT2D eigenvalue weighted by molar-refractivity contribution is 6.02. The summed E-state index contributed by atoms with van der Waals surface area (Å²) in [6, 6.07) is 35.5. The Hall–Kier alpha value is -8.40. The summed E-state index contributed by atoms with van der Waals surface area (Å²) in [7, 11) is 1.96. The van der Waals surface area contributed by atoms with Crippen molar-refractivity contribution < 1.29 is 47.9 Å². The first kappa shape index (κ1) is 72.7. The fourth-order valence-electron chi connectivity index (χ4n) is 10.4. The van der Waals surface area contributed by atoms with Crippen LogP contribution in [-0.2, 0) is 24.0 Å². The van der Waals surface area contributed by atoms with E-state index in [1.165, 1.54) is 0 Å². The Balaban J connectivity index is 0.000000183. The second-order valence-corrected chi connectivity index (χ2v) is 23.6. The van der Waals surface area contributed by atoms with E-state index in [4.69, 9.17) is 0 Å². The molecule has 9 N–H and O–H groups in total. The SMILES string of the molecule is CN1CCCCCC(=O)Nc2cccc(c2)C(=O)C1.O=C1CCCCCCNCC(=O)c2ccc(cc2)N1.O=C1CCCCCCNCC(=O)c2cccc(c2)N1.O=C1CCCCCNCC(=O)c2ccc(cc2)N1.O=C1CCCCNCC(=O)c2ccc(cc2)N1. The molecule has 0 spiro atoms. The molecule has 492 valence electrons. The number of ketones is 5. The van der Waals surface area contributed by atoms with E-state index in [1.54, 1.807) is 103 Å². The zero-order valence-electron chi connectivity index (χ0n) is 53.5. The number of nitrogens with one attached hydrogen (secondary N) is 9. The van der Waals surface area contributed by atoms with Gasteiger partial charge in [-0.15, -0.1) is 0 Å². The highest BCUT2D eigenvalue weighted by Crippen LogP contribution is 2.18. The van der Waals surface area contributed by atoms with Gasteiger partial charge in [-0.25, -0.2) is 0 Å². The molecule has 10 bridgehead atoms. The summed E-state index contributed by atoms with van der Waals surface area (Å²) < 4.78 is 0. The van der Waals surface area contributed by atoms with Crippen LogP contribution in [-0.4, -0.2) is 136 Å². The number of amides is 5. The second kappa shape index (κ2) is 41.9. The lowest BCUT2D eigenvalue weighted by Crippen LogP contribution is -2.27. The average Bonchev–Trinajstić information content (AvgIpc) is 1.92. The van der Waals surface area contributed by atoms with E-state index in [0.29, 0.717) is 104 Å². The molecule has 92 heavy (non-hydrogen) atoms. The molecule has 8 aliphatic heterocycles. The molecule has 5 aromatic carbocycles. The summed E-state index contributed by atoms with van der Waals surface area (Å²) in [5.74, 6) is 0.595. The minimum atomic E-state index is 0.0252. The lowest BCUT2D eigenvalue weighted by molar-refractivity contribution is -0.117. The molecule has 0 unspecified atom stereocenters. The van der Waals surface area contributed by atoms with E-state index in [1.807, 2.05) is 30.1 Å². The second-order valence-electron chi connectivity index (χ2n) is 23.6. The first-order valence-electron chi connectivity index (χ1n) is 32.8. The van der Waals surface area contributed by atoms with Crippen molar-refractivity contribution in [3.8, 4) is 0 Å². The van der Waals surface area contributed by atoms with Crippen molar-refractivity contribution >= 4 is 86.9 Å². The van der Waals surface area contributed by atoms with Gasteiger partial charge in [0.1, 0.15) is 0 Å². The van der Waals surface area contributed by atoms with Crippen LogP contribution in [0.4, 0.5) is 28.4 Å². The van der Waals surface area contributed by atoms with Crippen molar-refractivity contribution in [1.82, 2.24) is 26.2 Å². The maximum Gasteiger partial charge on any atom is 0.224 e. The quantitative estimate of drug-likeness (QED) is 0.0697.